The molecule has 1 aromatic heterocycles. The summed E-state index contributed by atoms with van der Waals surface area (Å²) < 4.78 is 10.1. The summed E-state index contributed by atoms with van der Waals surface area (Å²) >= 11 is 0. The van der Waals surface area contributed by atoms with Crippen molar-refractivity contribution in [3.05, 3.63) is 11.8 Å². The molecule has 2 N–H and O–H groups in total. The normalized spacial score (nSPS) is 10.2. The Morgan fingerprint density at radius 1 is 1.17 bits per heavy atom. The molecule has 0 saturated carbocycles. The van der Waals surface area contributed by atoms with Crippen LogP contribution in [0.25, 0.3) is 0 Å². The van der Waals surface area contributed by atoms with Crippen molar-refractivity contribution in [2.75, 3.05) is 31.2 Å². The van der Waals surface area contributed by atoms with Crippen molar-refractivity contribution in [3.8, 4) is 5.88 Å². The number of anilines is 1. The van der Waals surface area contributed by atoms with Crippen LogP contribution < -0.4 is 15.4 Å². The Balaban J connectivity index is 3.01. The van der Waals surface area contributed by atoms with Crippen LogP contribution in [0.4, 0.5) is 5.95 Å². The second-order valence-electron chi connectivity index (χ2n) is 4.84. The van der Waals surface area contributed by atoms with Gasteiger partial charge in [0.1, 0.15) is 5.69 Å². The highest BCUT2D eigenvalue weighted by molar-refractivity contribution is 5.91. The molecule has 8 heteroatoms. The average molecular weight is 324 g/mol. The predicted octanol–water partition coefficient (Wildman–Crippen LogP) is 1.14. The molecule has 0 aliphatic carbocycles. The van der Waals surface area contributed by atoms with Gasteiger partial charge in [-0.2, -0.15) is 4.98 Å². The van der Waals surface area contributed by atoms with E-state index in [1.54, 1.807) is 6.92 Å². The van der Waals surface area contributed by atoms with E-state index in [1.165, 1.54) is 6.07 Å². The van der Waals surface area contributed by atoms with Gasteiger partial charge in [0.2, 0.25) is 11.8 Å². The number of hydrogen-bond acceptors (Lipinski definition) is 7. The fourth-order valence-electron chi connectivity index (χ4n) is 1.94. The lowest BCUT2D eigenvalue weighted by atomic mass is 10.3. The zero-order valence-corrected chi connectivity index (χ0v) is 13.9. The maximum atomic E-state index is 11.5. The van der Waals surface area contributed by atoms with Gasteiger partial charge in [-0.05, 0) is 19.8 Å². The molecule has 0 spiro atoms. The van der Waals surface area contributed by atoms with Crippen molar-refractivity contribution in [2.24, 2.45) is 5.73 Å². The second kappa shape index (κ2) is 9.60. The van der Waals surface area contributed by atoms with E-state index in [2.05, 4.69) is 9.97 Å². The monoisotopic (exact) mass is 324 g/mol. The van der Waals surface area contributed by atoms with Crippen LogP contribution in [-0.2, 0) is 9.53 Å². The van der Waals surface area contributed by atoms with E-state index in [0.717, 1.165) is 25.9 Å². The molecule has 0 unspecified atom stereocenters. The van der Waals surface area contributed by atoms with E-state index < -0.39 is 11.9 Å². The van der Waals surface area contributed by atoms with Crippen molar-refractivity contribution >= 4 is 17.8 Å². The number of nitrogens with two attached hydrogens (primary N) is 1. The lowest BCUT2D eigenvalue weighted by molar-refractivity contribution is -0.145. The number of carbonyl (C=O) groups is 2. The summed E-state index contributed by atoms with van der Waals surface area (Å²) in [5.41, 5.74) is 5.36. The van der Waals surface area contributed by atoms with E-state index in [-0.39, 0.29) is 24.8 Å². The summed E-state index contributed by atoms with van der Waals surface area (Å²) in [5, 5.41) is 0. The first-order chi connectivity index (χ1) is 11.0. The third-order valence-corrected chi connectivity index (χ3v) is 2.86. The molecule has 1 amide bonds. The maximum absolute atomic E-state index is 11.5. The van der Waals surface area contributed by atoms with E-state index in [9.17, 15) is 9.59 Å². The number of aromatic nitrogens is 2. The van der Waals surface area contributed by atoms with Gasteiger partial charge in [-0.15, -0.1) is 0 Å². The summed E-state index contributed by atoms with van der Waals surface area (Å²) in [7, 11) is 0. The molecule has 0 fully saturated rings. The minimum Gasteiger partial charge on any atom is -0.466 e. The van der Waals surface area contributed by atoms with Gasteiger partial charge < -0.3 is 20.1 Å². The molecule has 1 aromatic rings. The van der Waals surface area contributed by atoms with Gasteiger partial charge in [0.15, 0.2) is 6.61 Å². The molecule has 23 heavy (non-hydrogen) atoms. The first kappa shape index (κ1) is 18.7. The quantitative estimate of drug-likeness (QED) is 0.643. The summed E-state index contributed by atoms with van der Waals surface area (Å²) in [6.07, 6.45) is 1.81. The molecule has 0 radical (unpaired) electrons. The van der Waals surface area contributed by atoms with Crippen LogP contribution in [0.2, 0.25) is 0 Å². The Hall–Kier alpha value is -2.38. The van der Waals surface area contributed by atoms with Crippen molar-refractivity contribution in [1.29, 1.82) is 0 Å². The summed E-state index contributed by atoms with van der Waals surface area (Å²) in [4.78, 5) is 33.2. The number of amides is 1. The molecule has 0 bridgehead atoms. The lowest BCUT2D eigenvalue weighted by Gasteiger charge is -2.22. The van der Waals surface area contributed by atoms with Gasteiger partial charge in [-0.25, -0.2) is 9.78 Å². The third-order valence-electron chi connectivity index (χ3n) is 2.86. The molecule has 0 aliphatic heterocycles. The van der Waals surface area contributed by atoms with Crippen molar-refractivity contribution in [1.82, 2.24) is 9.97 Å². The van der Waals surface area contributed by atoms with Crippen LogP contribution in [0.3, 0.4) is 0 Å². The predicted molar refractivity (Wildman–Crippen MR) is 85.5 cm³/mol. The number of carbonyl (C=O) groups excluding carboxylic acids is 2. The van der Waals surface area contributed by atoms with Crippen molar-refractivity contribution < 1.29 is 19.1 Å². The van der Waals surface area contributed by atoms with Gasteiger partial charge in [0.25, 0.3) is 5.91 Å². The largest absolute Gasteiger partial charge is 0.466 e. The number of rotatable bonds is 10. The van der Waals surface area contributed by atoms with Crippen LogP contribution >= 0.6 is 0 Å². The third kappa shape index (κ3) is 6.09. The maximum Gasteiger partial charge on any atom is 0.344 e. The van der Waals surface area contributed by atoms with Gasteiger partial charge in [0, 0.05) is 19.2 Å². The zero-order valence-electron chi connectivity index (χ0n) is 13.9. The van der Waals surface area contributed by atoms with Crippen LogP contribution in [-0.4, -0.2) is 48.1 Å². The van der Waals surface area contributed by atoms with Crippen LogP contribution in [0, 0.1) is 0 Å². The summed E-state index contributed by atoms with van der Waals surface area (Å²) in [6, 6.07) is 1.32. The van der Waals surface area contributed by atoms with E-state index in [4.69, 9.17) is 15.2 Å². The Morgan fingerprint density at radius 3 is 2.35 bits per heavy atom. The Bertz CT molecular complexity index is 530. The molecule has 8 nitrogen and oxygen atoms in total. The molecule has 1 heterocycles. The molecule has 0 atom stereocenters. The minimum atomic E-state index is -0.678. The van der Waals surface area contributed by atoms with E-state index in [1.807, 2.05) is 18.7 Å². The Labute approximate surface area is 136 Å². The second-order valence-corrected chi connectivity index (χ2v) is 4.84. The first-order valence-electron chi connectivity index (χ1n) is 7.74. The first-order valence-corrected chi connectivity index (χ1v) is 7.74. The van der Waals surface area contributed by atoms with Gasteiger partial charge in [0.05, 0.1) is 6.61 Å². The Kier molecular flexibility index (Phi) is 7.79. The zero-order chi connectivity index (χ0) is 17.2. The highest BCUT2D eigenvalue weighted by Gasteiger charge is 2.15. The molecular weight excluding hydrogens is 300 g/mol. The average Bonchev–Trinajstić information content (AvgIpc) is 2.52. The Morgan fingerprint density at radius 2 is 1.83 bits per heavy atom. The fourth-order valence-corrected chi connectivity index (χ4v) is 1.94. The topological polar surface area (TPSA) is 108 Å². The molecule has 0 aromatic carbocycles. The van der Waals surface area contributed by atoms with Crippen LogP contribution in [0.15, 0.2) is 6.07 Å². The minimum absolute atomic E-state index is 0.0473. The van der Waals surface area contributed by atoms with E-state index in [0.29, 0.717) is 5.95 Å². The number of hydrogen-bond donors (Lipinski definition) is 1. The number of nitrogens with zero attached hydrogens (tertiary/aromatic N) is 3. The van der Waals surface area contributed by atoms with Crippen LogP contribution in [0.5, 0.6) is 5.88 Å². The fraction of sp³-hybridized carbons (Fsp3) is 0.600. The molecule has 0 aliphatic rings. The van der Waals surface area contributed by atoms with Crippen LogP contribution in [0.1, 0.15) is 44.1 Å². The van der Waals surface area contributed by atoms with Gasteiger partial charge in [-0.1, -0.05) is 13.8 Å². The summed E-state index contributed by atoms with van der Waals surface area (Å²) in [5.74, 6) is -0.701. The highest BCUT2D eigenvalue weighted by Crippen LogP contribution is 2.16. The number of ether oxygens (including phenoxy) is 2. The summed E-state index contributed by atoms with van der Waals surface area (Å²) in [6.45, 7) is 7.26. The van der Waals surface area contributed by atoms with Gasteiger partial charge in [-0.3, -0.25) is 4.79 Å². The number of esters is 1. The molecule has 128 valence electrons. The van der Waals surface area contributed by atoms with Crippen molar-refractivity contribution in [2.45, 2.75) is 33.6 Å². The van der Waals surface area contributed by atoms with Crippen molar-refractivity contribution in [3.63, 3.8) is 0 Å². The van der Waals surface area contributed by atoms with E-state index >= 15 is 0 Å². The SMILES string of the molecule is CCCN(CCC)c1nc(OCC(=O)OCC)cc(C(N)=O)n1. The molecule has 0 saturated heterocycles. The lowest BCUT2D eigenvalue weighted by Crippen LogP contribution is -2.28. The molecule has 1 rings (SSSR count). The standard InChI is InChI=1S/C15H24N4O4/c1-4-7-19(8-5-2)15-17-11(14(16)21)9-12(18-15)23-10-13(20)22-6-3/h9H,4-8,10H2,1-3H3,(H2,16,21). The van der Waals surface area contributed by atoms with Gasteiger partial charge >= 0.3 is 5.97 Å². The number of primary amides is 1. The molecular formula is C15H24N4O4. The highest BCUT2D eigenvalue weighted by atomic mass is 16.6. The smallest absolute Gasteiger partial charge is 0.344 e.